The first-order valence-corrected chi connectivity index (χ1v) is 11.6. The SMILES string of the molecule is CN=C(NCc1ccc(CS(=O)(=O)NC)cc1)N(C)Cc1ncc(-c2ccccc2)[nH]1. The predicted molar refractivity (Wildman–Crippen MR) is 124 cm³/mol. The van der Waals surface area contributed by atoms with Crippen molar-refractivity contribution in [3.05, 3.63) is 77.7 Å². The van der Waals surface area contributed by atoms with Gasteiger partial charge in [0.1, 0.15) is 5.82 Å². The van der Waals surface area contributed by atoms with E-state index in [0.29, 0.717) is 13.1 Å². The van der Waals surface area contributed by atoms with Crippen LogP contribution in [0.4, 0.5) is 0 Å². The van der Waals surface area contributed by atoms with Gasteiger partial charge in [0, 0.05) is 20.6 Å². The van der Waals surface area contributed by atoms with Crippen LogP contribution >= 0.6 is 0 Å². The van der Waals surface area contributed by atoms with Gasteiger partial charge in [-0.05, 0) is 23.7 Å². The molecule has 0 bridgehead atoms. The fraction of sp³-hybridized carbons (Fsp3) is 0.273. The number of hydrogen-bond donors (Lipinski definition) is 3. The zero-order valence-electron chi connectivity index (χ0n) is 18.0. The fourth-order valence-corrected chi connectivity index (χ4v) is 3.89. The molecule has 0 saturated heterocycles. The van der Waals surface area contributed by atoms with Gasteiger partial charge in [0.25, 0.3) is 0 Å². The topological polar surface area (TPSA) is 102 Å². The second kappa shape index (κ2) is 10.2. The lowest BCUT2D eigenvalue weighted by Crippen LogP contribution is -2.38. The Kier molecular flexibility index (Phi) is 7.43. The number of benzene rings is 2. The fourth-order valence-electron chi connectivity index (χ4n) is 3.12. The Morgan fingerprint density at radius 2 is 1.77 bits per heavy atom. The number of aliphatic imine (C=N–C) groups is 1. The van der Waals surface area contributed by atoms with Gasteiger partial charge in [-0.1, -0.05) is 54.6 Å². The van der Waals surface area contributed by atoms with E-state index in [-0.39, 0.29) is 5.75 Å². The average molecular weight is 441 g/mol. The van der Waals surface area contributed by atoms with Crippen LogP contribution in [0.5, 0.6) is 0 Å². The number of sulfonamides is 1. The van der Waals surface area contributed by atoms with Crippen molar-refractivity contribution < 1.29 is 8.42 Å². The van der Waals surface area contributed by atoms with Crippen LogP contribution in [-0.2, 0) is 28.9 Å². The molecule has 0 unspecified atom stereocenters. The monoisotopic (exact) mass is 440 g/mol. The molecule has 0 radical (unpaired) electrons. The molecule has 3 rings (SSSR count). The van der Waals surface area contributed by atoms with Crippen LogP contribution in [0, 0.1) is 0 Å². The number of imidazole rings is 1. The van der Waals surface area contributed by atoms with Crippen LogP contribution in [0.15, 0.2) is 65.8 Å². The minimum atomic E-state index is -3.27. The smallest absolute Gasteiger partial charge is 0.215 e. The first-order valence-electron chi connectivity index (χ1n) is 9.90. The van der Waals surface area contributed by atoms with E-state index in [2.05, 4.69) is 25.0 Å². The summed E-state index contributed by atoms with van der Waals surface area (Å²) in [6.07, 6.45) is 1.84. The van der Waals surface area contributed by atoms with Crippen molar-refractivity contribution in [3.63, 3.8) is 0 Å². The summed E-state index contributed by atoms with van der Waals surface area (Å²) in [4.78, 5) is 14.2. The van der Waals surface area contributed by atoms with Crippen molar-refractivity contribution in [2.75, 3.05) is 21.1 Å². The van der Waals surface area contributed by atoms with Crippen molar-refractivity contribution in [3.8, 4) is 11.3 Å². The van der Waals surface area contributed by atoms with Crippen LogP contribution < -0.4 is 10.0 Å². The van der Waals surface area contributed by atoms with Crippen LogP contribution in [0.2, 0.25) is 0 Å². The molecule has 9 heteroatoms. The molecule has 0 saturated carbocycles. The number of aromatic amines is 1. The second-order valence-corrected chi connectivity index (χ2v) is 9.07. The van der Waals surface area contributed by atoms with Crippen molar-refractivity contribution in [1.29, 1.82) is 0 Å². The Morgan fingerprint density at radius 1 is 1.10 bits per heavy atom. The maximum Gasteiger partial charge on any atom is 0.215 e. The Balaban J connectivity index is 1.56. The Morgan fingerprint density at radius 3 is 2.42 bits per heavy atom. The van der Waals surface area contributed by atoms with E-state index in [1.165, 1.54) is 7.05 Å². The minimum absolute atomic E-state index is 0.0320. The minimum Gasteiger partial charge on any atom is -0.352 e. The average Bonchev–Trinajstić information content (AvgIpc) is 3.24. The summed E-state index contributed by atoms with van der Waals surface area (Å²) in [5.41, 5.74) is 3.85. The molecule has 2 aromatic carbocycles. The molecular weight excluding hydrogens is 412 g/mol. The number of aromatic nitrogens is 2. The van der Waals surface area contributed by atoms with E-state index < -0.39 is 10.0 Å². The summed E-state index contributed by atoms with van der Waals surface area (Å²) in [6.45, 7) is 1.15. The Labute approximate surface area is 183 Å². The van der Waals surface area contributed by atoms with E-state index in [9.17, 15) is 8.42 Å². The summed E-state index contributed by atoms with van der Waals surface area (Å²) >= 11 is 0. The molecule has 8 nitrogen and oxygen atoms in total. The van der Waals surface area contributed by atoms with Crippen molar-refractivity contribution >= 4 is 16.0 Å². The third kappa shape index (κ3) is 6.40. The molecule has 0 aliphatic rings. The van der Waals surface area contributed by atoms with Gasteiger partial charge in [-0.2, -0.15) is 0 Å². The highest BCUT2D eigenvalue weighted by molar-refractivity contribution is 7.88. The lowest BCUT2D eigenvalue weighted by Gasteiger charge is -2.21. The van der Waals surface area contributed by atoms with Gasteiger partial charge in [0.2, 0.25) is 10.0 Å². The number of hydrogen-bond acceptors (Lipinski definition) is 4. The summed E-state index contributed by atoms with van der Waals surface area (Å²) in [7, 11) is 1.83. The molecule has 0 aliphatic carbocycles. The lowest BCUT2D eigenvalue weighted by molar-refractivity contribution is 0.464. The summed E-state index contributed by atoms with van der Waals surface area (Å²) in [6, 6.07) is 17.6. The van der Waals surface area contributed by atoms with Gasteiger partial charge >= 0.3 is 0 Å². The molecule has 0 atom stereocenters. The molecule has 3 N–H and O–H groups in total. The van der Waals surface area contributed by atoms with Gasteiger partial charge in [0.15, 0.2) is 5.96 Å². The highest BCUT2D eigenvalue weighted by Gasteiger charge is 2.11. The van der Waals surface area contributed by atoms with Gasteiger partial charge in [0.05, 0.1) is 24.2 Å². The summed E-state index contributed by atoms with van der Waals surface area (Å²) < 4.78 is 25.7. The zero-order valence-corrected chi connectivity index (χ0v) is 18.8. The number of nitrogens with one attached hydrogen (secondary N) is 3. The highest BCUT2D eigenvalue weighted by Crippen LogP contribution is 2.16. The number of H-pyrrole nitrogens is 1. The van der Waals surface area contributed by atoms with Crippen LogP contribution in [0.1, 0.15) is 17.0 Å². The van der Waals surface area contributed by atoms with Crippen molar-refractivity contribution in [2.24, 2.45) is 4.99 Å². The van der Waals surface area contributed by atoms with E-state index in [0.717, 1.165) is 34.2 Å². The molecule has 1 heterocycles. The number of nitrogens with zero attached hydrogens (tertiary/aromatic N) is 3. The summed E-state index contributed by atoms with van der Waals surface area (Å²) in [5, 5.41) is 3.33. The molecule has 31 heavy (non-hydrogen) atoms. The third-order valence-electron chi connectivity index (χ3n) is 4.81. The highest BCUT2D eigenvalue weighted by atomic mass is 32.2. The number of guanidine groups is 1. The molecule has 164 valence electrons. The maximum absolute atomic E-state index is 11.7. The maximum atomic E-state index is 11.7. The molecule has 1 aromatic heterocycles. The summed E-state index contributed by atoms with van der Waals surface area (Å²) in [5.74, 6) is 1.55. The number of rotatable bonds is 8. The molecule has 0 aliphatic heterocycles. The second-order valence-electron chi connectivity index (χ2n) is 7.15. The molecule has 3 aromatic rings. The van der Waals surface area contributed by atoms with Crippen LogP contribution in [0.3, 0.4) is 0 Å². The van der Waals surface area contributed by atoms with Crippen molar-refractivity contribution in [1.82, 2.24) is 24.9 Å². The van der Waals surface area contributed by atoms with E-state index in [1.807, 2.05) is 72.7 Å². The van der Waals surface area contributed by atoms with Gasteiger partial charge in [-0.3, -0.25) is 4.99 Å². The standard InChI is InChI=1S/C22H28N6O2S/c1-23-22(26-13-17-9-11-18(12-10-17)16-31(29,30)24-2)28(3)15-21-25-14-20(27-21)19-7-5-4-6-8-19/h4-12,14,24H,13,15-16H2,1-3H3,(H,23,26)(H,25,27). The zero-order chi connectivity index (χ0) is 22.3. The lowest BCUT2D eigenvalue weighted by atomic mass is 10.1. The normalized spacial score (nSPS) is 12.0. The van der Waals surface area contributed by atoms with E-state index in [4.69, 9.17) is 0 Å². The predicted octanol–water partition coefficient (Wildman–Crippen LogP) is 2.33. The molecular formula is C22H28N6O2S. The first-order chi connectivity index (χ1) is 14.9. The Hall–Kier alpha value is -3.17. The molecule has 0 spiro atoms. The van der Waals surface area contributed by atoms with Crippen LogP contribution in [0.25, 0.3) is 11.3 Å². The molecule has 0 fully saturated rings. The van der Waals surface area contributed by atoms with E-state index in [1.54, 1.807) is 7.05 Å². The van der Waals surface area contributed by atoms with Gasteiger partial charge in [-0.15, -0.1) is 0 Å². The largest absolute Gasteiger partial charge is 0.352 e. The third-order valence-corrected chi connectivity index (χ3v) is 6.15. The molecule has 0 amide bonds. The Bertz CT molecular complexity index is 1110. The first kappa shape index (κ1) is 22.5. The van der Waals surface area contributed by atoms with Gasteiger partial charge in [-0.25, -0.2) is 18.1 Å². The van der Waals surface area contributed by atoms with E-state index >= 15 is 0 Å². The quantitative estimate of drug-likeness (QED) is 0.369. The van der Waals surface area contributed by atoms with Crippen LogP contribution in [-0.4, -0.2) is 50.4 Å². The van der Waals surface area contributed by atoms with Crippen molar-refractivity contribution in [2.45, 2.75) is 18.8 Å². The van der Waals surface area contributed by atoms with Gasteiger partial charge < -0.3 is 15.2 Å².